The van der Waals surface area contributed by atoms with Gasteiger partial charge in [-0.1, -0.05) is 6.07 Å². The summed E-state index contributed by atoms with van der Waals surface area (Å²) in [5, 5.41) is 8.71. The van der Waals surface area contributed by atoms with Crippen molar-refractivity contribution in [3.63, 3.8) is 0 Å². The molecule has 0 fully saturated rings. The van der Waals surface area contributed by atoms with Gasteiger partial charge in [-0.3, -0.25) is 9.79 Å². The molecule has 0 aliphatic carbocycles. The smallest absolute Gasteiger partial charge is 0.309 e. The lowest BCUT2D eigenvalue weighted by atomic mass is 10.2. The molecule has 1 aliphatic rings. The fourth-order valence-corrected chi connectivity index (χ4v) is 3.45. The van der Waals surface area contributed by atoms with E-state index >= 15 is 0 Å². The Labute approximate surface area is 110 Å². The number of aliphatic imine (C=N–C) groups is 1. The molecular formula is C12H13NO5S. The third-order valence-corrected chi connectivity index (χ3v) is 4.37. The van der Waals surface area contributed by atoms with E-state index in [0.29, 0.717) is 12.3 Å². The second kappa shape index (κ2) is 5.10. The highest BCUT2D eigenvalue weighted by molar-refractivity contribution is 7.92. The number of ether oxygens (including phenoxy) is 1. The number of carboxylic acid groups (broad SMARTS) is 1. The van der Waals surface area contributed by atoms with Crippen molar-refractivity contribution in [3.05, 3.63) is 23.8 Å². The van der Waals surface area contributed by atoms with E-state index in [1.165, 1.54) is 13.2 Å². The molecule has 0 amide bonds. The number of carboxylic acids is 1. The Balaban J connectivity index is 2.47. The van der Waals surface area contributed by atoms with Crippen LogP contribution >= 0.6 is 0 Å². The van der Waals surface area contributed by atoms with Crippen LogP contribution < -0.4 is 0 Å². The number of hydrogen-bond acceptors (Lipinski definition) is 5. The van der Waals surface area contributed by atoms with Gasteiger partial charge in [0.25, 0.3) is 0 Å². The van der Waals surface area contributed by atoms with E-state index in [0.717, 1.165) is 5.56 Å². The highest BCUT2D eigenvalue weighted by Gasteiger charge is 2.27. The maximum Gasteiger partial charge on any atom is 0.309 e. The molecule has 102 valence electrons. The van der Waals surface area contributed by atoms with Crippen LogP contribution in [0.1, 0.15) is 12.0 Å². The Morgan fingerprint density at radius 2 is 2.21 bits per heavy atom. The van der Waals surface area contributed by atoms with Gasteiger partial charge >= 0.3 is 5.97 Å². The molecule has 0 radical (unpaired) electrons. The van der Waals surface area contributed by atoms with Crippen molar-refractivity contribution in [2.75, 3.05) is 12.9 Å². The quantitative estimate of drug-likeness (QED) is 0.895. The van der Waals surface area contributed by atoms with E-state index in [1.54, 1.807) is 12.1 Å². The molecule has 0 unspecified atom stereocenters. The average molecular weight is 283 g/mol. The van der Waals surface area contributed by atoms with Crippen molar-refractivity contribution >= 4 is 27.2 Å². The molecule has 1 heterocycles. The number of hydrogen-bond donors (Lipinski definition) is 1. The van der Waals surface area contributed by atoms with E-state index in [-0.39, 0.29) is 22.8 Å². The molecule has 1 N–H and O–H groups in total. The molecule has 1 aliphatic heterocycles. The standard InChI is InChI=1S/C12H13NO5S/c1-18-6-8-2-3-10-11(4-8)19(16,17)7-9(13-10)5-12(14)15/h2-4H,5-7H2,1H3,(H,14,15). The highest BCUT2D eigenvalue weighted by atomic mass is 32.2. The van der Waals surface area contributed by atoms with Crippen LogP contribution in [0.5, 0.6) is 0 Å². The minimum atomic E-state index is -3.53. The molecular weight excluding hydrogens is 270 g/mol. The Morgan fingerprint density at radius 1 is 1.47 bits per heavy atom. The molecule has 2 rings (SSSR count). The average Bonchev–Trinajstić information content (AvgIpc) is 2.28. The normalized spacial score (nSPS) is 16.6. The summed E-state index contributed by atoms with van der Waals surface area (Å²) in [6.45, 7) is 0.314. The third kappa shape index (κ3) is 2.99. The number of fused-ring (bicyclic) bond motifs is 1. The molecule has 0 bridgehead atoms. The van der Waals surface area contributed by atoms with Crippen molar-refractivity contribution in [2.24, 2.45) is 4.99 Å². The Hall–Kier alpha value is -1.73. The number of nitrogens with zero attached hydrogens (tertiary/aromatic N) is 1. The molecule has 19 heavy (non-hydrogen) atoms. The van der Waals surface area contributed by atoms with Crippen LogP contribution in [0.15, 0.2) is 28.1 Å². The van der Waals surface area contributed by atoms with Gasteiger partial charge in [-0.25, -0.2) is 8.42 Å². The SMILES string of the molecule is COCc1ccc2c(c1)S(=O)(=O)CC(CC(=O)O)=N2. The van der Waals surface area contributed by atoms with Crippen molar-refractivity contribution in [2.45, 2.75) is 17.9 Å². The van der Waals surface area contributed by atoms with Crippen LogP contribution in [0.25, 0.3) is 0 Å². The minimum Gasteiger partial charge on any atom is -0.481 e. The van der Waals surface area contributed by atoms with E-state index in [4.69, 9.17) is 9.84 Å². The highest BCUT2D eigenvalue weighted by Crippen LogP contribution is 2.31. The molecule has 1 aromatic carbocycles. The molecule has 1 aromatic rings. The Bertz CT molecular complexity index is 648. The lowest BCUT2D eigenvalue weighted by molar-refractivity contribution is -0.135. The first kappa shape index (κ1) is 13.7. The summed E-state index contributed by atoms with van der Waals surface area (Å²) in [7, 11) is -2.00. The van der Waals surface area contributed by atoms with Crippen LogP contribution in [0.2, 0.25) is 0 Å². The van der Waals surface area contributed by atoms with E-state index < -0.39 is 15.8 Å². The predicted molar refractivity (Wildman–Crippen MR) is 68.6 cm³/mol. The van der Waals surface area contributed by atoms with Gasteiger partial charge in [0.1, 0.15) is 0 Å². The number of methoxy groups -OCH3 is 1. The van der Waals surface area contributed by atoms with Crippen LogP contribution in [0.3, 0.4) is 0 Å². The van der Waals surface area contributed by atoms with Crippen LogP contribution in [-0.4, -0.2) is 38.1 Å². The monoisotopic (exact) mass is 283 g/mol. The Morgan fingerprint density at radius 3 is 2.84 bits per heavy atom. The number of rotatable bonds is 4. The van der Waals surface area contributed by atoms with Crippen molar-refractivity contribution in [3.8, 4) is 0 Å². The van der Waals surface area contributed by atoms with E-state index in [1.807, 2.05) is 0 Å². The van der Waals surface area contributed by atoms with Crippen molar-refractivity contribution < 1.29 is 23.1 Å². The maximum absolute atomic E-state index is 12.1. The summed E-state index contributed by atoms with van der Waals surface area (Å²) in [5.41, 5.74) is 1.18. The predicted octanol–water partition coefficient (Wildman–Crippen LogP) is 1.17. The van der Waals surface area contributed by atoms with Gasteiger partial charge in [0, 0.05) is 12.8 Å². The largest absolute Gasteiger partial charge is 0.481 e. The Kier molecular flexibility index (Phi) is 3.68. The lowest BCUT2D eigenvalue weighted by Gasteiger charge is -2.16. The molecule has 6 nitrogen and oxygen atoms in total. The van der Waals surface area contributed by atoms with Gasteiger partial charge in [-0.2, -0.15) is 0 Å². The molecule has 7 heteroatoms. The second-order valence-electron chi connectivity index (χ2n) is 4.24. The zero-order valence-corrected chi connectivity index (χ0v) is 11.1. The summed E-state index contributed by atoms with van der Waals surface area (Å²) in [5.74, 6) is -1.43. The summed E-state index contributed by atoms with van der Waals surface area (Å²) in [6, 6.07) is 4.81. The third-order valence-electron chi connectivity index (χ3n) is 2.66. The lowest BCUT2D eigenvalue weighted by Crippen LogP contribution is -2.22. The van der Waals surface area contributed by atoms with Gasteiger partial charge in [0.2, 0.25) is 0 Å². The van der Waals surface area contributed by atoms with Gasteiger partial charge in [-0.15, -0.1) is 0 Å². The molecule has 0 saturated heterocycles. The first-order valence-corrected chi connectivity index (χ1v) is 7.20. The van der Waals surface area contributed by atoms with Crippen LogP contribution in [0.4, 0.5) is 5.69 Å². The molecule has 0 saturated carbocycles. The molecule has 0 spiro atoms. The molecule has 0 aromatic heterocycles. The minimum absolute atomic E-state index is 0.135. The van der Waals surface area contributed by atoms with Gasteiger partial charge in [0.15, 0.2) is 9.84 Å². The van der Waals surface area contributed by atoms with Gasteiger partial charge in [0.05, 0.1) is 29.4 Å². The summed E-state index contributed by atoms with van der Waals surface area (Å²) in [4.78, 5) is 14.9. The maximum atomic E-state index is 12.1. The number of carbonyl (C=O) groups is 1. The van der Waals surface area contributed by atoms with Gasteiger partial charge < -0.3 is 9.84 Å². The van der Waals surface area contributed by atoms with Crippen LogP contribution in [-0.2, 0) is 26.0 Å². The molecule has 0 atom stereocenters. The number of sulfone groups is 1. The van der Waals surface area contributed by atoms with Crippen molar-refractivity contribution in [1.29, 1.82) is 0 Å². The fraction of sp³-hybridized carbons (Fsp3) is 0.333. The second-order valence-corrected chi connectivity index (χ2v) is 6.20. The van der Waals surface area contributed by atoms with E-state index in [2.05, 4.69) is 4.99 Å². The number of benzene rings is 1. The van der Waals surface area contributed by atoms with Gasteiger partial charge in [-0.05, 0) is 17.7 Å². The fourth-order valence-electron chi connectivity index (χ4n) is 1.92. The zero-order chi connectivity index (χ0) is 14.0. The van der Waals surface area contributed by atoms with E-state index in [9.17, 15) is 13.2 Å². The first-order valence-electron chi connectivity index (χ1n) is 5.55. The first-order chi connectivity index (χ1) is 8.92. The summed E-state index contributed by atoms with van der Waals surface area (Å²) >= 11 is 0. The summed E-state index contributed by atoms with van der Waals surface area (Å²) in [6.07, 6.45) is -0.363. The van der Waals surface area contributed by atoms with Crippen molar-refractivity contribution in [1.82, 2.24) is 0 Å². The number of aliphatic carboxylic acids is 1. The zero-order valence-electron chi connectivity index (χ0n) is 10.3. The van der Waals surface area contributed by atoms with Crippen LogP contribution in [0, 0.1) is 0 Å². The topological polar surface area (TPSA) is 93.0 Å². The summed E-state index contributed by atoms with van der Waals surface area (Å²) < 4.78 is 29.2.